The molecule has 5 heteroatoms. The Morgan fingerprint density at radius 2 is 2.29 bits per heavy atom. The van der Waals surface area contributed by atoms with Crippen molar-refractivity contribution in [3.8, 4) is 5.75 Å². The summed E-state index contributed by atoms with van der Waals surface area (Å²) in [6, 6.07) is 6.87. The van der Waals surface area contributed by atoms with Gasteiger partial charge in [-0.25, -0.2) is 4.79 Å². The number of aliphatic hydroxyl groups excluding tert-OH is 1. The first kappa shape index (κ1) is 11.7. The van der Waals surface area contributed by atoms with E-state index in [1.807, 2.05) is 12.1 Å². The molecule has 2 N–H and O–H groups in total. The van der Waals surface area contributed by atoms with E-state index in [-0.39, 0.29) is 0 Å². The summed E-state index contributed by atoms with van der Waals surface area (Å²) in [4.78, 5) is 11.2. The highest BCUT2D eigenvalue weighted by atomic mass is 16.5. The number of amides is 1. The predicted octanol–water partition coefficient (Wildman–Crippen LogP) is 1.23. The number of alkyl carbamates (subject to hydrolysis) is 1. The van der Waals surface area contributed by atoms with Crippen molar-refractivity contribution in [2.75, 3.05) is 13.7 Å². The molecule has 1 aromatic rings. The maximum absolute atomic E-state index is 11.2. The van der Waals surface area contributed by atoms with Gasteiger partial charge in [0.15, 0.2) is 0 Å². The summed E-state index contributed by atoms with van der Waals surface area (Å²) in [6.07, 6.45) is -0.800. The molecule has 1 aliphatic rings. The second kappa shape index (κ2) is 5.05. The molecule has 0 saturated heterocycles. The molecule has 0 radical (unpaired) electrons. The van der Waals surface area contributed by atoms with Gasteiger partial charge in [0.1, 0.15) is 11.9 Å². The fourth-order valence-electron chi connectivity index (χ4n) is 1.89. The van der Waals surface area contributed by atoms with E-state index >= 15 is 0 Å². The van der Waals surface area contributed by atoms with Crippen LogP contribution in [0.1, 0.15) is 18.1 Å². The smallest absolute Gasteiger partial charge is 0.407 e. The molecule has 1 amide bonds. The fourth-order valence-corrected chi connectivity index (χ4v) is 1.89. The first-order chi connectivity index (χ1) is 8.22. The molecule has 0 aromatic heterocycles. The first-order valence-electron chi connectivity index (χ1n) is 5.46. The molecule has 0 saturated carbocycles. The fraction of sp³-hybridized carbons (Fsp3) is 0.417. The van der Waals surface area contributed by atoms with Gasteiger partial charge in [0.05, 0.1) is 19.8 Å². The highest BCUT2D eigenvalue weighted by Gasteiger charge is 2.28. The van der Waals surface area contributed by atoms with Gasteiger partial charge in [-0.05, 0) is 6.07 Å². The zero-order chi connectivity index (χ0) is 12.3. The van der Waals surface area contributed by atoms with Crippen molar-refractivity contribution >= 4 is 6.09 Å². The van der Waals surface area contributed by atoms with Crippen molar-refractivity contribution < 1.29 is 19.4 Å². The Bertz CT molecular complexity index is 407. The zero-order valence-electron chi connectivity index (χ0n) is 9.55. The third-order valence-corrected chi connectivity index (χ3v) is 2.79. The van der Waals surface area contributed by atoms with Gasteiger partial charge in [-0.2, -0.15) is 0 Å². The molecule has 0 aliphatic carbocycles. The van der Waals surface area contributed by atoms with Crippen molar-refractivity contribution in [3.05, 3.63) is 29.8 Å². The maximum Gasteiger partial charge on any atom is 0.407 e. The SMILES string of the molecule is COC(=O)NC1CCOc2ccccc2C1O. The Labute approximate surface area is 99.3 Å². The van der Waals surface area contributed by atoms with Crippen LogP contribution in [-0.2, 0) is 4.74 Å². The Balaban J connectivity index is 2.19. The molecule has 1 heterocycles. The van der Waals surface area contributed by atoms with Gasteiger partial charge in [-0.1, -0.05) is 18.2 Å². The standard InChI is InChI=1S/C12H15NO4/c1-16-12(15)13-9-6-7-17-10-5-3-2-4-8(10)11(9)14/h2-5,9,11,14H,6-7H2,1H3,(H,13,15). The molecule has 2 unspecified atom stereocenters. The average Bonchev–Trinajstić information content (AvgIpc) is 2.51. The van der Waals surface area contributed by atoms with Crippen molar-refractivity contribution in [1.29, 1.82) is 0 Å². The quantitative estimate of drug-likeness (QED) is 0.770. The van der Waals surface area contributed by atoms with Gasteiger partial charge in [-0.3, -0.25) is 0 Å². The Morgan fingerprint density at radius 1 is 1.53 bits per heavy atom. The number of aliphatic hydroxyl groups is 1. The van der Waals surface area contributed by atoms with Crippen LogP contribution in [-0.4, -0.2) is 31.0 Å². The topological polar surface area (TPSA) is 67.8 Å². The minimum Gasteiger partial charge on any atom is -0.493 e. The van der Waals surface area contributed by atoms with E-state index in [9.17, 15) is 9.90 Å². The van der Waals surface area contributed by atoms with Crippen LogP contribution in [0.3, 0.4) is 0 Å². The van der Waals surface area contributed by atoms with Crippen LogP contribution >= 0.6 is 0 Å². The number of hydrogen-bond donors (Lipinski definition) is 2. The summed E-state index contributed by atoms with van der Waals surface area (Å²) in [5, 5.41) is 12.8. The molecule has 2 rings (SSSR count). The van der Waals surface area contributed by atoms with Gasteiger partial charge in [0, 0.05) is 12.0 Å². The van der Waals surface area contributed by atoms with E-state index in [4.69, 9.17) is 4.74 Å². The summed E-state index contributed by atoms with van der Waals surface area (Å²) in [5.41, 5.74) is 0.686. The molecule has 92 valence electrons. The van der Waals surface area contributed by atoms with Crippen LogP contribution in [0.15, 0.2) is 24.3 Å². The van der Waals surface area contributed by atoms with E-state index in [2.05, 4.69) is 10.1 Å². The third-order valence-electron chi connectivity index (χ3n) is 2.79. The van der Waals surface area contributed by atoms with Crippen molar-refractivity contribution in [2.45, 2.75) is 18.6 Å². The molecule has 1 aromatic carbocycles. The molecule has 17 heavy (non-hydrogen) atoms. The van der Waals surface area contributed by atoms with Gasteiger partial charge < -0.3 is 19.9 Å². The van der Waals surface area contributed by atoms with Crippen LogP contribution in [0.4, 0.5) is 4.79 Å². The number of nitrogens with one attached hydrogen (secondary N) is 1. The number of rotatable bonds is 1. The minimum atomic E-state index is -0.784. The minimum absolute atomic E-state index is 0.397. The van der Waals surface area contributed by atoms with Gasteiger partial charge in [-0.15, -0.1) is 0 Å². The predicted molar refractivity (Wildman–Crippen MR) is 60.8 cm³/mol. The second-order valence-corrected chi connectivity index (χ2v) is 3.86. The van der Waals surface area contributed by atoms with Crippen LogP contribution in [0.5, 0.6) is 5.75 Å². The Kier molecular flexibility index (Phi) is 3.49. The van der Waals surface area contributed by atoms with Gasteiger partial charge in [0.2, 0.25) is 0 Å². The number of ether oxygens (including phenoxy) is 2. The molecular weight excluding hydrogens is 222 g/mol. The second-order valence-electron chi connectivity index (χ2n) is 3.86. The molecular formula is C12H15NO4. The number of methoxy groups -OCH3 is 1. The monoisotopic (exact) mass is 237 g/mol. The summed E-state index contributed by atoms with van der Waals surface area (Å²) < 4.78 is 10.0. The molecule has 0 bridgehead atoms. The number of para-hydroxylation sites is 1. The lowest BCUT2D eigenvalue weighted by molar-refractivity contribution is 0.112. The number of hydrogen-bond acceptors (Lipinski definition) is 4. The maximum atomic E-state index is 11.2. The Hall–Kier alpha value is -1.75. The normalized spacial score (nSPS) is 22.9. The highest BCUT2D eigenvalue weighted by Crippen LogP contribution is 2.31. The van der Waals surface area contributed by atoms with Crippen molar-refractivity contribution in [1.82, 2.24) is 5.32 Å². The van der Waals surface area contributed by atoms with Gasteiger partial charge in [0.25, 0.3) is 0 Å². The summed E-state index contributed by atoms with van der Waals surface area (Å²) in [7, 11) is 1.29. The number of carbonyl (C=O) groups excluding carboxylic acids is 1. The molecule has 5 nitrogen and oxygen atoms in total. The average molecular weight is 237 g/mol. The van der Waals surface area contributed by atoms with Crippen LogP contribution < -0.4 is 10.1 Å². The van der Waals surface area contributed by atoms with E-state index in [1.165, 1.54) is 7.11 Å². The first-order valence-corrected chi connectivity index (χ1v) is 5.46. The van der Waals surface area contributed by atoms with E-state index in [0.29, 0.717) is 24.3 Å². The number of carbonyl (C=O) groups is 1. The molecule has 0 fully saturated rings. The lowest BCUT2D eigenvalue weighted by Gasteiger charge is -2.20. The Morgan fingerprint density at radius 3 is 3.06 bits per heavy atom. The van der Waals surface area contributed by atoms with Gasteiger partial charge >= 0.3 is 6.09 Å². The van der Waals surface area contributed by atoms with E-state index in [0.717, 1.165) is 0 Å². The molecule has 0 spiro atoms. The van der Waals surface area contributed by atoms with Crippen molar-refractivity contribution in [3.63, 3.8) is 0 Å². The van der Waals surface area contributed by atoms with Crippen LogP contribution in [0.2, 0.25) is 0 Å². The molecule has 2 atom stereocenters. The lowest BCUT2D eigenvalue weighted by atomic mass is 10.0. The van der Waals surface area contributed by atoms with Crippen LogP contribution in [0.25, 0.3) is 0 Å². The lowest BCUT2D eigenvalue weighted by Crippen LogP contribution is -2.39. The third kappa shape index (κ3) is 2.50. The summed E-state index contributed by atoms with van der Waals surface area (Å²) in [6.45, 7) is 0.447. The largest absolute Gasteiger partial charge is 0.493 e. The zero-order valence-corrected chi connectivity index (χ0v) is 9.55. The van der Waals surface area contributed by atoms with E-state index in [1.54, 1.807) is 12.1 Å². The highest BCUT2D eigenvalue weighted by molar-refractivity contribution is 5.67. The van der Waals surface area contributed by atoms with E-state index < -0.39 is 18.2 Å². The van der Waals surface area contributed by atoms with Crippen molar-refractivity contribution in [2.24, 2.45) is 0 Å². The number of fused-ring (bicyclic) bond motifs is 1. The number of benzene rings is 1. The van der Waals surface area contributed by atoms with Crippen LogP contribution in [0, 0.1) is 0 Å². The summed E-state index contributed by atoms with van der Waals surface area (Å²) in [5.74, 6) is 0.661. The summed E-state index contributed by atoms with van der Waals surface area (Å²) >= 11 is 0. The molecule has 1 aliphatic heterocycles.